The lowest BCUT2D eigenvalue weighted by atomic mass is 9.48. The van der Waals surface area contributed by atoms with Gasteiger partial charge in [-0.1, -0.05) is 12.1 Å². The van der Waals surface area contributed by atoms with E-state index in [1.165, 1.54) is 24.3 Å². The van der Waals surface area contributed by atoms with Crippen molar-refractivity contribution in [2.45, 2.75) is 42.2 Å². The fraction of sp³-hybridized carbons (Fsp3) is 0.458. The molecule has 33 heavy (non-hydrogen) atoms. The zero-order chi connectivity index (χ0) is 23.5. The van der Waals surface area contributed by atoms with Crippen LogP contribution in [0.4, 0.5) is 15.8 Å². The second kappa shape index (κ2) is 7.91. The molecule has 1 fully saturated rings. The summed E-state index contributed by atoms with van der Waals surface area (Å²) >= 11 is 0. The Kier molecular flexibility index (Phi) is 5.41. The number of Topliss-reactive ketones (excluding diaryl/α,β-unsaturated/α-hetero) is 1. The molecule has 3 atom stereocenters. The van der Waals surface area contributed by atoms with Crippen molar-refractivity contribution in [2.24, 2.45) is 0 Å². The van der Waals surface area contributed by atoms with Gasteiger partial charge in [0, 0.05) is 44.1 Å². The van der Waals surface area contributed by atoms with Gasteiger partial charge in [-0.25, -0.2) is 4.39 Å². The largest absolute Gasteiger partial charge is 0.381 e. The summed E-state index contributed by atoms with van der Waals surface area (Å²) in [6, 6.07) is 11.7. The van der Waals surface area contributed by atoms with Crippen LogP contribution in [-0.4, -0.2) is 83.0 Å². The summed E-state index contributed by atoms with van der Waals surface area (Å²) in [7, 11) is 20.8. The molecule has 6 radical (unpaired) electrons. The van der Waals surface area contributed by atoms with Crippen molar-refractivity contribution in [3.8, 4) is 0 Å². The Morgan fingerprint density at radius 3 is 2.64 bits per heavy atom. The highest BCUT2D eigenvalue weighted by Crippen LogP contribution is 2.55. The van der Waals surface area contributed by atoms with Crippen molar-refractivity contribution in [1.82, 2.24) is 4.90 Å². The molecule has 9 heteroatoms. The minimum absolute atomic E-state index is 0.00609. The van der Waals surface area contributed by atoms with Crippen LogP contribution in [-0.2, 0) is 0 Å². The number of fused-ring (bicyclic) bond motifs is 3. The van der Waals surface area contributed by atoms with E-state index in [-0.39, 0.29) is 23.6 Å². The monoisotopic (exact) mass is 439 g/mol. The lowest BCUT2D eigenvalue weighted by molar-refractivity contribution is 0.0773. The molecule has 5 rings (SSSR count). The Hall–Kier alpha value is -2.25. The Bertz CT molecular complexity index is 1080. The van der Waals surface area contributed by atoms with E-state index in [4.69, 9.17) is 23.5 Å². The van der Waals surface area contributed by atoms with Crippen LogP contribution in [0, 0.1) is 5.82 Å². The number of anilines is 2. The number of para-hydroxylation sites is 1. The summed E-state index contributed by atoms with van der Waals surface area (Å²) in [5.41, 5.74) is 1.52. The van der Waals surface area contributed by atoms with Gasteiger partial charge in [0.05, 0.1) is 32.7 Å². The molecule has 1 saturated heterocycles. The highest BCUT2D eigenvalue weighted by atomic mass is 19.1. The van der Waals surface area contributed by atoms with Crippen molar-refractivity contribution >= 4 is 40.7 Å². The average molecular weight is 439 g/mol. The fourth-order valence-corrected chi connectivity index (χ4v) is 5.68. The third-order valence-corrected chi connectivity index (χ3v) is 7.60. The van der Waals surface area contributed by atoms with E-state index in [1.807, 2.05) is 17.0 Å². The molecule has 3 aliphatic heterocycles. The zero-order valence-electron chi connectivity index (χ0n) is 18.7. The van der Waals surface area contributed by atoms with E-state index in [9.17, 15) is 14.3 Å². The topological polar surface area (TPSA) is 47.0 Å². The minimum Gasteiger partial charge on any atom is -0.381 e. The van der Waals surface area contributed by atoms with Gasteiger partial charge < -0.3 is 19.8 Å². The van der Waals surface area contributed by atoms with Crippen molar-refractivity contribution in [3.05, 3.63) is 59.4 Å². The molecule has 0 aromatic heterocycles. The number of likely N-dealkylation sites (N-methyl/N-ethyl adjacent to an activating group) is 1. The van der Waals surface area contributed by atoms with Crippen molar-refractivity contribution in [3.63, 3.8) is 0 Å². The van der Waals surface area contributed by atoms with E-state index in [1.54, 1.807) is 11.9 Å². The van der Waals surface area contributed by atoms with Gasteiger partial charge in [0.15, 0.2) is 5.78 Å². The number of carbonyl (C=O) groups excluding carboxylic acids is 1. The van der Waals surface area contributed by atoms with E-state index < -0.39 is 11.0 Å². The first-order valence-corrected chi connectivity index (χ1v) is 11.4. The van der Waals surface area contributed by atoms with Gasteiger partial charge in [0.25, 0.3) is 0 Å². The Morgan fingerprint density at radius 1 is 1.18 bits per heavy atom. The first-order chi connectivity index (χ1) is 15.6. The molecule has 2 aromatic rings. The maximum atomic E-state index is 13.1. The van der Waals surface area contributed by atoms with Crippen LogP contribution in [0.15, 0.2) is 42.5 Å². The summed E-state index contributed by atoms with van der Waals surface area (Å²) in [5, 5.41) is 9.64. The summed E-state index contributed by atoms with van der Waals surface area (Å²) < 4.78 is 13.1. The van der Waals surface area contributed by atoms with Gasteiger partial charge in [-0.15, -0.1) is 0 Å². The second-order valence-corrected chi connectivity index (χ2v) is 9.49. The van der Waals surface area contributed by atoms with Crippen LogP contribution >= 0.6 is 0 Å². The minimum atomic E-state index is -1.92. The third kappa shape index (κ3) is 3.43. The molecule has 0 bridgehead atoms. The van der Waals surface area contributed by atoms with Crippen LogP contribution in [0.2, 0.25) is 0 Å². The molecule has 5 nitrogen and oxygen atoms in total. The van der Waals surface area contributed by atoms with Crippen LogP contribution < -0.4 is 9.80 Å². The van der Waals surface area contributed by atoms with Gasteiger partial charge in [-0.2, -0.15) is 0 Å². The molecule has 2 aromatic carbocycles. The number of aliphatic hydroxyl groups is 1. The maximum Gasteiger partial charge on any atom is 0.162 e. The molecule has 3 unspecified atom stereocenters. The van der Waals surface area contributed by atoms with Crippen molar-refractivity contribution < 1.29 is 14.3 Å². The molecular formula is C24H25B3FN3O2. The normalized spacial score (nSPS) is 27.8. The van der Waals surface area contributed by atoms with Gasteiger partial charge in [-0.3, -0.25) is 4.79 Å². The van der Waals surface area contributed by atoms with E-state index in [0.717, 1.165) is 49.4 Å². The Labute approximate surface area is 198 Å². The van der Waals surface area contributed by atoms with Gasteiger partial charge in [0.2, 0.25) is 0 Å². The molecule has 0 aliphatic carbocycles. The molecule has 0 saturated carbocycles. The van der Waals surface area contributed by atoms with E-state index in [2.05, 4.69) is 11.0 Å². The van der Waals surface area contributed by atoms with E-state index in [0.29, 0.717) is 12.0 Å². The number of nitrogens with zero attached hydrogens (tertiary/aromatic N) is 3. The smallest absolute Gasteiger partial charge is 0.162 e. The highest BCUT2D eigenvalue weighted by molar-refractivity contribution is 6.47. The number of benzene rings is 2. The first-order valence-electron chi connectivity index (χ1n) is 11.4. The molecule has 0 amide bonds. The number of ketones is 1. The van der Waals surface area contributed by atoms with Gasteiger partial charge >= 0.3 is 0 Å². The Morgan fingerprint density at radius 2 is 1.91 bits per heavy atom. The fourth-order valence-electron chi connectivity index (χ4n) is 5.68. The van der Waals surface area contributed by atoms with Gasteiger partial charge in [-0.05, 0) is 60.6 Å². The predicted molar refractivity (Wildman–Crippen MR) is 130 cm³/mol. The van der Waals surface area contributed by atoms with Crippen LogP contribution in [0.3, 0.4) is 0 Å². The number of likely N-dealkylation sites (tertiary alicyclic amines) is 1. The number of carbonyl (C=O) groups is 1. The summed E-state index contributed by atoms with van der Waals surface area (Å²) in [6.45, 7) is 2.40. The van der Waals surface area contributed by atoms with Crippen molar-refractivity contribution in [2.75, 3.05) is 36.5 Å². The second-order valence-electron chi connectivity index (χ2n) is 9.49. The van der Waals surface area contributed by atoms with Crippen LogP contribution in [0.5, 0.6) is 0 Å². The molecule has 164 valence electrons. The molecule has 1 N–H and O–H groups in total. The highest BCUT2D eigenvalue weighted by Gasteiger charge is 2.57. The summed E-state index contributed by atoms with van der Waals surface area (Å²) in [5.74, 6) is -0.167. The lowest BCUT2D eigenvalue weighted by Gasteiger charge is -2.60. The summed E-state index contributed by atoms with van der Waals surface area (Å²) in [4.78, 5) is 18.3. The van der Waals surface area contributed by atoms with Crippen LogP contribution in [0.1, 0.15) is 41.1 Å². The average Bonchev–Trinajstić information content (AvgIpc) is 3.12. The molecule has 3 heterocycles. The zero-order valence-corrected chi connectivity index (χ0v) is 18.7. The quantitative estimate of drug-likeness (QED) is 0.569. The number of hydrogen-bond donors (Lipinski definition) is 1. The predicted octanol–water partition coefficient (Wildman–Crippen LogP) is 1.72. The number of piperidine rings is 1. The number of hydrogen-bond acceptors (Lipinski definition) is 5. The number of halogens is 1. The van der Waals surface area contributed by atoms with Gasteiger partial charge in [0.1, 0.15) is 13.7 Å². The molecule has 3 aliphatic rings. The molecule has 0 spiro atoms. The summed E-state index contributed by atoms with van der Waals surface area (Å²) in [6.07, 6.45) is 1.94. The van der Waals surface area contributed by atoms with E-state index >= 15 is 0 Å². The van der Waals surface area contributed by atoms with Crippen LogP contribution in [0.25, 0.3) is 0 Å². The number of rotatable bonds is 5. The SMILES string of the molecule is [B]C1([B])N(C)c2cccc3c2N(C2CCN(CCCC(=O)c4ccc(F)cc4)CC32)C1([B])O. The maximum absolute atomic E-state index is 13.1. The lowest BCUT2D eigenvalue weighted by Crippen LogP contribution is -2.76. The van der Waals surface area contributed by atoms with Crippen molar-refractivity contribution in [1.29, 1.82) is 0 Å². The Balaban J connectivity index is 1.30. The molecular weight excluding hydrogens is 414 g/mol. The first kappa shape index (κ1) is 22.5. The third-order valence-electron chi connectivity index (χ3n) is 7.60. The standard InChI is InChI=1S/C24H25B3FN3O2/c1-29-20-5-2-4-17-18-14-30(12-3-6-21(32)15-7-9-16(28)10-8-15)13-11-19(18)31(22(17)20)24(27,33)23(29,25)26/h2,4-5,7-10,18-19,33H,3,6,11-14H2,1H3.